The first kappa shape index (κ1) is 22.9. The molecule has 1 aliphatic heterocycles. The molecule has 36 heavy (non-hydrogen) atoms. The van der Waals surface area contributed by atoms with Gasteiger partial charge in [-0.3, -0.25) is 14.3 Å². The van der Waals surface area contributed by atoms with E-state index in [-0.39, 0.29) is 17.9 Å². The van der Waals surface area contributed by atoms with Gasteiger partial charge in [0.1, 0.15) is 5.69 Å². The molecule has 0 spiro atoms. The Morgan fingerprint density at radius 3 is 2.69 bits per heavy atom. The number of likely N-dealkylation sites (tertiary alicyclic amines) is 1. The first-order valence-electron chi connectivity index (χ1n) is 12.6. The van der Waals surface area contributed by atoms with Gasteiger partial charge in [0.2, 0.25) is 0 Å². The molecule has 6 rings (SSSR count). The van der Waals surface area contributed by atoms with Gasteiger partial charge >= 0.3 is 0 Å². The van der Waals surface area contributed by atoms with Gasteiger partial charge in [-0.05, 0) is 44.2 Å². The van der Waals surface area contributed by atoms with Crippen LogP contribution in [0.1, 0.15) is 63.1 Å². The van der Waals surface area contributed by atoms with E-state index in [0.717, 1.165) is 57.6 Å². The maximum atomic E-state index is 13.8. The standard InChI is InChI=1S/C28H29N5O2S/c1-17-7-5-8-19(15-17)25-24(30-27(36-25)18-12-13-18)28(35)33-14-6-9-20(16-33)29-26(34)23-21-10-3-4-11-22(21)32(2)31-23/h3-5,7-8,10-11,15,18,20H,6,9,12-14,16H2,1-2H3,(H,29,34)/t20-/m1/s1. The van der Waals surface area contributed by atoms with Crippen LogP contribution in [0.4, 0.5) is 0 Å². The lowest BCUT2D eigenvalue weighted by Gasteiger charge is -2.33. The van der Waals surface area contributed by atoms with Gasteiger partial charge in [0, 0.05) is 37.5 Å². The minimum atomic E-state index is -0.198. The number of aryl methyl sites for hydroxylation is 2. The number of carbonyl (C=O) groups is 2. The third-order valence-corrected chi connectivity index (χ3v) is 8.34. The van der Waals surface area contributed by atoms with E-state index in [1.807, 2.05) is 42.3 Å². The lowest BCUT2D eigenvalue weighted by Crippen LogP contribution is -2.49. The highest BCUT2D eigenvalue weighted by molar-refractivity contribution is 7.15. The molecule has 1 saturated carbocycles. The van der Waals surface area contributed by atoms with Crippen molar-refractivity contribution in [3.05, 3.63) is 70.5 Å². The summed E-state index contributed by atoms with van der Waals surface area (Å²) in [6.45, 7) is 3.21. The summed E-state index contributed by atoms with van der Waals surface area (Å²) in [7, 11) is 1.84. The zero-order valence-electron chi connectivity index (χ0n) is 20.5. The lowest BCUT2D eigenvalue weighted by molar-refractivity contribution is 0.0671. The molecule has 2 aliphatic rings. The molecule has 2 aromatic heterocycles. The average molecular weight is 500 g/mol. The van der Waals surface area contributed by atoms with Gasteiger partial charge in [-0.1, -0.05) is 48.0 Å². The molecular weight excluding hydrogens is 470 g/mol. The molecule has 2 amide bonds. The number of aromatic nitrogens is 3. The number of nitrogens with zero attached hydrogens (tertiary/aromatic N) is 4. The molecule has 2 aromatic carbocycles. The van der Waals surface area contributed by atoms with Gasteiger partial charge in [-0.15, -0.1) is 11.3 Å². The molecule has 2 fully saturated rings. The Bertz CT molecular complexity index is 1470. The second kappa shape index (κ2) is 9.17. The Labute approximate surface area is 214 Å². The molecule has 8 heteroatoms. The summed E-state index contributed by atoms with van der Waals surface area (Å²) < 4.78 is 1.73. The van der Waals surface area contributed by atoms with E-state index in [0.29, 0.717) is 30.4 Å². The van der Waals surface area contributed by atoms with Gasteiger partial charge in [-0.25, -0.2) is 4.98 Å². The van der Waals surface area contributed by atoms with Crippen LogP contribution in [0.15, 0.2) is 48.5 Å². The number of para-hydroxylation sites is 1. The summed E-state index contributed by atoms with van der Waals surface area (Å²) in [5.41, 5.74) is 4.10. The van der Waals surface area contributed by atoms with E-state index >= 15 is 0 Å². The largest absolute Gasteiger partial charge is 0.346 e. The van der Waals surface area contributed by atoms with E-state index in [4.69, 9.17) is 4.98 Å². The number of piperidine rings is 1. The molecule has 1 aliphatic carbocycles. The molecule has 3 heterocycles. The van der Waals surface area contributed by atoms with Crippen LogP contribution in [0.3, 0.4) is 0 Å². The van der Waals surface area contributed by atoms with Crippen LogP contribution in [0, 0.1) is 6.92 Å². The summed E-state index contributed by atoms with van der Waals surface area (Å²) in [6.07, 6.45) is 3.96. The summed E-state index contributed by atoms with van der Waals surface area (Å²) in [5, 5.41) is 9.49. The zero-order valence-corrected chi connectivity index (χ0v) is 21.3. The quantitative estimate of drug-likeness (QED) is 0.423. The maximum absolute atomic E-state index is 13.8. The van der Waals surface area contributed by atoms with Crippen molar-refractivity contribution in [2.45, 2.75) is 44.6 Å². The molecule has 7 nitrogen and oxygen atoms in total. The van der Waals surface area contributed by atoms with Crippen LogP contribution in [0.5, 0.6) is 0 Å². The summed E-state index contributed by atoms with van der Waals surface area (Å²) in [5.74, 6) is 0.245. The first-order valence-corrected chi connectivity index (χ1v) is 13.4. The lowest BCUT2D eigenvalue weighted by atomic mass is 10.0. The van der Waals surface area contributed by atoms with Crippen LogP contribution in [-0.4, -0.2) is 50.6 Å². The number of benzene rings is 2. The average Bonchev–Trinajstić information content (AvgIpc) is 3.55. The van der Waals surface area contributed by atoms with Crippen molar-refractivity contribution >= 4 is 34.1 Å². The number of amides is 2. The van der Waals surface area contributed by atoms with Crippen molar-refractivity contribution in [2.75, 3.05) is 13.1 Å². The minimum absolute atomic E-state index is 0.0445. The fourth-order valence-corrected chi connectivity index (χ4v) is 6.26. The monoisotopic (exact) mass is 499 g/mol. The van der Waals surface area contributed by atoms with Crippen LogP contribution in [0.2, 0.25) is 0 Å². The Morgan fingerprint density at radius 2 is 1.89 bits per heavy atom. The zero-order chi connectivity index (χ0) is 24.8. The maximum Gasteiger partial charge on any atom is 0.274 e. The van der Waals surface area contributed by atoms with Gasteiger partial charge in [0.15, 0.2) is 5.69 Å². The van der Waals surface area contributed by atoms with E-state index in [2.05, 4.69) is 35.5 Å². The normalized spacial score (nSPS) is 17.9. The number of hydrogen-bond acceptors (Lipinski definition) is 5. The van der Waals surface area contributed by atoms with E-state index < -0.39 is 0 Å². The van der Waals surface area contributed by atoms with Crippen LogP contribution < -0.4 is 5.32 Å². The van der Waals surface area contributed by atoms with E-state index in [9.17, 15) is 9.59 Å². The number of thiazole rings is 1. The van der Waals surface area contributed by atoms with Gasteiger partial charge in [0.25, 0.3) is 11.8 Å². The van der Waals surface area contributed by atoms with Crippen molar-refractivity contribution in [3.8, 4) is 10.4 Å². The van der Waals surface area contributed by atoms with Crippen LogP contribution in [-0.2, 0) is 7.05 Å². The Kier molecular flexibility index (Phi) is 5.84. The molecule has 1 saturated heterocycles. The second-order valence-corrected chi connectivity index (χ2v) is 11.0. The fourth-order valence-electron chi connectivity index (χ4n) is 5.03. The van der Waals surface area contributed by atoms with Crippen molar-refractivity contribution < 1.29 is 9.59 Å². The molecular formula is C28H29N5O2S. The fraction of sp³-hybridized carbons (Fsp3) is 0.357. The van der Waals surface area contributed by atoms with Crippen LogP contribution in [0.25, 0.3) is 21.3 Å². The Hall–Kier alpha value is -3.52. The first-order chi connectivity index (χ1) is 17.5. The Morgan fingerprint density at radius 1 is 1.06 bits per heavy atom. The van der Waals surface area contributed by atoms with Crippen LogP contribution >= 0.6 is 11.3 Å². The van der Waals surface area contributed by atoms with Gasteiger partial charge < -0.3 is 10.2 Å². The summed E-state index contributed by atoms with van der Waals surface area (Å²) in [6, 6.07) is 15.9. The highest BCUT2D eigenvalue weighted by Gasteiger charge is 2.33. The predicted octanol–water partition coefficient (Wildman–Crippen LogP) is 4.92. The highest BCUT2D eigenvalue weighted by Crippen LogP contribution is 2.45. The highest BCUT2D eigenvalue weighted by atomic mass is 32.1. The number of hydrogen-bond donors (Lipinski definition) is 1. The number of carbonyl (C=O) groups excluding carboxylic acids is 2. The second-order valence-electron chi connectivity index (χ2n) is 9.93. The molecule has 0 bridgehead atoms. The minimum Gasteiger partial charge on any atom is -0.346 e. The summed E-state index contributed by atoms with van der Waals surface area (Å²) >= 11 is 1.66. The number of nitrogens with one attached hydrogen (secondary N) is 1. The third-order valence-electron chi connectivity index (χ3n) is 7.07. The molecule has 184 valence electrons. The molecule has 4 aromatic rings. The van der Waals surface area contributed by atoms with Crippen molar-refractivity contribution in [2.24, 2.45) is 7.05 Å². The smallest absolute Gasteiger partial charge is 0.274 e. The van der Waals surface area contributed by atoms with Crippen molar-refractivity contribution in [1.82, 2.24) is 25.0 Å². The Balaban J connectivity index is 1.22. The van der Waals surface area contributed by atoms with Gasteiger partial charge in [-0.2, -0.15) is 5.10 Å². The van der Waals surface area contributed by atoms with Crippen molar-refractivity contribution in [3.63, 3.8) is 0 Å². The topological polar surface area (TPSA) is 80.1 Å². The predicted molar refractivity (Wildman–Crippen MR) is 141 cm³/mol. The van der Waals surface area contributed by atoms with Gasteiger partial charge in [0.05, 0.1) is 15.4 Å². The molecule has 0 radical (unpaired) electrons. The molecule has 1 N–H and O–H groups in total. The third kappa shape index (κ3) is 4.30. The van der Waals surface area contributed by atoms with E-state index in [1.165, 1.54) is 0 Å². The molecule has 0 unspecified atom stereocenters. The number of rotatable bonds is 5. The van der Waals surface area contributed by atoms with E-state index in [1.54, 1.807) is 16.0 Å². The SMILES string of the molecule is Cc1cccc(-c2sc(C3CC3)nc2C(=O)N2CCC[C@@H](NC(=O)c3nn(C)c4ccccc34)C2)c1. The molecule has 1 atom stereocenters. The number of fused-ring (bicyclic) bond motifs is 1. The summed E-state index contributed by atoms with van der Waals surface area (Å²) in [4.78, 5) is 34.6. The van der Waals surface area contributed by atoms with Crippen molar-refractivity contribution in [1.29, 1.82) is 0 Å².